The van der Waals surface area contributed by atoms with Gasteiger partial charge in [0.1, 0.15) is 0 Å². The fraction of sp³-hybridized carbons (Fsp3) is 0.125. The van der Waals surface area contributed by atoms with Crippen molar-refractivity contribution in [3.63, 3.8) is 0 Å². The lowest BCUT2D eigenvalue weighted by Gasteiger charge is -2.07. The first-order valence-electron chi connectivity index (χ1n) is 6.36. The van der Waals surface area contributed by atoms with Crippen molar-refractivity contribution in [3.8, 4) is 12.3 Å². The number of terminal acetylenes is 1. The van der Waals surface area contributed by atoms with Gasteiger partial charge in [-0.1, -0.05) is 12.0 Å². The zero-order valence-electron chi connectivity index (χ0n) is 11.2. The Balaban J connectivity index is 1.77. The van der Waals surface area contributed by atoms with Crippen LogP contribution < -0.4 is 5.32 Å². The average molecular weight is 262 g/mol. The van der Waals surface area contributed by atoms with Gasteiger partial charge in [0.2, 0.25) is 0 Å². The molecule has 0 saturated carbocycles. The van der Waals surface area contributed by atoms with Crippen molar-refractivity contribution < 1.29 is 0 Å². The van der Waals surface area contributed by atoms with Crippen LogP contribution in [0.1, 0.15) is 16.8 Å². The maximum Gasteiger partial charge on any atom is 0.155 e. The molecule has 0 aliphatic rings. The summed E-state index contributed by atoms with van der Waals surface area (Å²) in [5.74, 6) is 2.63. The van der Waals surface area contributed by atoms with E-state index in [4.69, 9.17) is 6.42 Å². The summed E-state index contributed by atoms with van der Waals surface area (Å²) >= 11 is 0. The molecule has 20 heavy (non-hydrogen) atoms. The molecule has 0 amide bonds. The summed E-state index contributed by atoms with van der Waals surface area (Å²) in [6, 6.07) is 9.74. The van der Waals surface area contributed by atoms with Crippen molar-refractivity contribution in [3.05, 3.63) is 59.5 Å². The van der Waals surface area contributed by atoms with Crippen molar-refractivity contribution in [2.75, 3.05) is 5.32 Å². The lowest BCUT2D eigenvalue weighted by atomic mass is 10.2. The molecule has 0 radical (unpaired) electrons. The highest BCUT2D eigenvalue weighted by Crippen LogP contribution is 2.12. The molecule has 0 saturated heterocycles. The Kier molecular flexibility index (Phi) is 3.10. The number of benzene rings is 1. The first-order valence-corrected chi connectivity index (χ1v) is 6.36. The molecular weight excluding hydrogens is 248 g/mol. The van der Waals surface area contributed by atoms with Crippen molar-refractivity contribution >= 4 is 11.3 Å². The van der Waals surface area contributed by atoms with Gasteiger partial charge in [0.25, 0.3) is 0 Å². The van der Waals surface area contributed by atoms with E-state index in [2.05, 4.69) is 21.3 Å². The molecule has 1 N–H and O–H groups in total. The van der Waals surface area contributed by atoms with Gasteiger partial charge < -0.3 is 5.32 Å². The van der Waals surface area contributed by atoms with E-state index in [0.717, 1.165) is 28.2 Å². The molecular formula is C16H14N4. The Morgan fingerprint density at radius 1 is 1.35 bits per heavy atom. The molecule has 0 spiro atoms. The van der Waals surface area contributed by atoms with Crippen LogP contribution in [0.4, 0.5) is 5.69 Å². The Bertz CT molecular complexity index is 796. The largest absolute Gasteiger partial charge is 0.381 e. The van der Waals surface area contributed by atoms with Crippen LogP contribution >= 0.6 is 0 Å². The number of rotatable bonds is 3. The summed E-state index contributed by atoms with van der Waals surface area (Å²) in [6.07, 6.45) is 9.23. The van der Waals surface area contributed by atoms with Gasteiger partial charge in [0.15, 0.2) is 5.65 Å². The molecule has 0 aliphatic heterocycles. The maximum absolute atomic E-state index is 5.39. The molecule has 4 heteroatoms. The van der Waals surface area contributed by atoms with Crippen LogP contribution in [0, 0.1) is 19.3 Å². The van der Waals surface area contributed by atoms with Gasteiger partial charge in [0, 0.05) is 41.8 Å². The molecule has 3 rings (SSSR count). The first-order chi connectivity index (χ1) is 9.74. The Morgan fingerprint density at radius 3 is 3.10 bits per heavy atom. The van der Waals surface area contributed by atoms with Gasteiger partial charge in [-0.25, -0.2) is 9.50 Å². The van der Waals surface area contributed by atoms with Gasteiger partial charge >= 0.3 is 0 Å². The predicted molar refractivity (Wildman–Crippen MR) is 79.4 cm³/mol. The minimum absolute atomic E-state index is 0.676. The van der Waals surface area contributed by atoms with Crippen LogP contribution in [-0.2, 0) is 6.54 Å². The van der Waals surface area contributed by atoms with Crippen LogP contribution in [0.3, 0.4) is 0 Å². The standard InChI is InChI=1S/C16H14N4/c1-3-13-5-4-6-15(8-13)17-9-14-10-18-16-7-12(2)19-20(16)11-14/h1,4-8,10-11,17H,9H2,2H3. The number of aromatic nitrogens is 3. The number of hydrogen-bond acceptors (Lipinski definition) is 3. The van der Waals surface area contributed by atoms with E-state index < -0.39 is 0 Å². The van der Waals surface area contributed by atoms with Gasteiger partial charge in [0.05, 0.1) is 5.69 Å². The molecule has 0 unspecified atom stereocenters. The number of aryl methyl sites for hydroxylation is 1. The minimum atomic E-state index is 0.676. The smallest absolute Gasteiger partial charge is 0.155 e. The van der Waals surface area contributed by atoms with Crippen LogP contribution in [-0.4, -0.2) is 14.6 Å². The van der Waals surface area contributed by atoms with Crippen molar-refractivity contribution in [2.45, 2.75) is 13.5 Å². The number of anilines is 1. The Morgan fingerprint density at radius 2 is 2.25 bits per heavy atom. The van der Waals surface area contributed by atoms with Crippen molar-refractivity contribution in [2.24, 2.45) is 0 Å². The molecule has 0 fully saturated rings. The fourth-order valence-corrected chi connectivity index (χ4v) is 2.05. The molecule has 0 bridgehead atoms. The lowest BCUT2D eigenvalue weighted by Crippen LogP contribution is -2.02. The van der Waals surface area contributed by atoms with E-state index >= 15 is 0 Å². The minimum Gasteiger partial charge on any atom is -0.381 e. The average Bonchev–Trinajstić information content (AvgIpc) is 2.84. The highest BCUT2D eigenvalue weighted by molar-refractivity contribution is 5.50. The zero-order valence-corrected chi connectivity index (χ0v) is 11.2. The third-order valence-electron chi connectivity index (χ3n) is 3.01. The van der Waals surface area contributed by atoms with Crippen LogP contribution in [0.5, 0.6) is 0 Å². The topological polar surface area (TPSA) is 42.2 Å². The van der Waals surface area contributed by atoms with Crippen molar-refractivity contribution in [1.29, 1.82) is 0 Å². The molecule has 98 valence electrons. The second-order valence-electron chi connectivity index (χ2n) is 4.63. The molecule has 1 aromatic carbocycles. The van der Waals surface area contributed by atoms with Crippen LogP contribution in [0.25, 0.3) is 5.65 Å². The van der Waals surface area contributed by atoms with Gasteiger partial charge in [-0.15, -0.1) is 6.42 Å². The van der Waals surface area contributed by atoms with Gasteiger partial charge in [-0.3, -0.25) is 0 Å². The van der Waals surface area contributed by atoms with E-state index in [9.17, 15) is 0 Å². The first kappa shape index (κ1) is 12.2. The van der Waals surface area contributed by atoms with E-state index in [1.54, 1.807) is 4.52 Å². The summed E-state index contributed by atoms with van der Waals surface area (Å²) < 4.78 is 1.80. The number of fused-ring (bicyclic) bond motifs is 1. The molecule has 2 heterocycles. The summed E-state index contributed by atoms with van der Waals surface area (Å²) in [5.41, 5.74) is 4.75. The SMILES string of the molecule is C#Cc1cccc(NCc2cnc3cc(C)nn3c2)c1. The zero-order chi connectivity index (χ0) is 13.9. The lowest BCUT2D eigenvalue weighted by molar-refractivity contribution is 0.895. The third-order valence-corrected chi connectivity index (χ3v) is 3.01. The van der Waals surface area contributed by atoms with E-state index in [0.29, 0.717) is 6.54 Å². The van der Waals surface area contributed by atoms with E-state index in [1.165, 1.54) is 0 Å². The predicted octanol–water partition coefficient (Wildman–Crippen LogP) is 2.63. The second kappa shape index (κ2) is 5.06. The number of hydrogen-bond donors (Lipinski definition) is 1. The molecule has 0 atom stereocenters. The van der Waals surface area contributed by atoms with E-state index in [-0.39, 0.29) is 0 Å². The fourth-order valence-electron chi connectivity index (χ4n) is 2.05. The Labute approximate surface area is 117 Å². The summed E-state index contributed by atoms with van der Waals surface area (Å²) in [7, 11) is 0. The summed E-state index contributed by atoms with van der Waals surface area (Å²) in [6.45, 7) is 2.63. The second-order valence-corrected chi connectivity index (χ2v) is 4.63. The van der Waals surface area contributed by atoms with Crippen molar-refractivity contribution in [1.82, 2.24) is 14.6 Å². The summed E-state index contributed by atoms with van der Waals surface area (Å²) in [5, 5.41) is 7.69. The Hall–Kier alpha value is -2.80. The third kappa shape index (κ3) is 2.47. The molecule has 2 aromatic heterocycles. The molecule has 4 nitrogen and oxygen atoms in total. The van der Waals surface area contributed by atoms with Crippen LogP contribution in [0.2, 0.25) is 0 Å². The van der Waals surface area contributed by atoms with Crippen LogP contribution in [0.15, 0.2) is 42.7 Å². The van der Waals surface area contributed by atoms with E-state index in [1.807, 2.05) is 49.6 Å². The van der Waals surface area contributed by atoms with Gasteiger partial charge in [-0.05, 0) is 25.1 Å². The molecule has 3 aromatic rings. The monoisotopic (exact) mass is 262 g/mol. The van der Waals surface area contributed by atoms with Gasteiger partial charge in [-0.2, -0.15) is 5.10 Å². The summed E-state index contributed by atoms with van der Waals surface area (Å²) in [4.78, 5) is 4.38. The highest BCUT2D eigenvalue weighted by Gasteiger charge is 2.01. The number of nitrogens with zero attached hydrogens (tertiary/aromatic N) is 3. The highest BCUT2D eigenvalue weighted by atomic mass is 15.2. The number of nitrogens with one attached hydrogen (secondary N) is 1. The quantitative estimate of drug-likeness (QED) is 0.738. The molecule has 0 aliphatic carbocycles. The normalized spacial score (nSPS) is 10.4. The maximum atomic E-state index is 5.39.